The number of carboxylic acids is 1. The zero-order valence-corrected chi connectivity index (χ0v) is 19.8. The van der Waals surface area contributed by atoms with Gasteiger partial charge in [0.05, 0.1) is 12.6 Å². The summed E-state index contributed by atoms with van der Waals surface area (Å²) in [5, 5.41) is 10.7. The van der Waals surface area contributed by atoms with Gasteiger partial charge in [0.25, 0.3) is 0 Å². The van der Waals surface area contributed by atoms with E-state index >= 15 is 0 Å². The maximum atomic E-state index is 14.1. The summed E-state index contributed by atoms with van der Waals surface area (Å²) in [5.74, 6) is 0.413. The van der Waals surface area contributed by atoms with Crippen LogP contribution in [0.1, 0.15) is 65.9 Å². The van der Waals surface area contributed by atoms with E-state index in [1.54, 1.807) is 24.3 Å². The summed E-state index contributed by atoms with van der Waals surface area (Å²) in [7, 11) is 1.49. The fourth-order valence-corrected chi connectivity index (χ4v) is 5.92. The summed E-state index contributed by atoms with van der Waals surface area (Å²) in [5.41, 5.74) is 3.58. The number of benzene rings is 2. The van der Waals surface area contributed by atoms with Crippen LogP contribution < -0.4 is 4.74 Å². The number of aromatic nitrogens is 1. The van der Waals surface area contributed by atoms with Gasteiger partial charge in [0, 0.05) is 24.7 Å². The van der Waals surface area contributed by atoms with Crippen LogP contribution >= 0.6 is 0 Å². The molecule has 0 radical (unpaired) electrons. The van der Waals surface area contributed by atoms with Crippen molar-refractivity contribution in [3.8, 4) is 5.75 Å². The van der Waals surface area contributed by atoms with E-state index in [1.165, 1.54) is 43.7 Å². The topological polar surface area (TPSA) is 54.7 Å². The largest absolute Gasteiger partial charge is 0.496 e. The number of nitrogens with zero attached hydrogens (tertiary/aromatic N) is 2. The Balaban J connectivity index is 1.30. The molecule has 2 fully saturated rings. The highest BCUT2D eigenvalue weighted by Crippen LogP contribution is 2.37. The predicted molar refractivity (Wildman–Crippen MR) is 131 cm³/mol. The standard InChI is InChI=1S/C28H33FN2O3/c1-34-27-9-6-20(14-24(27)28(32)33)16-30-12-10-21(11-13-30)25-18-31(17-19-4-2-3-5-19)26-15-22(29)7-8-23(25)26/h6-9,14-15,18-19,21H,2-5,10-13,16-17H2,1H3,(H,32,33). The molecule has 0 atom stereocenters. The third kappa shape index (κ3) is 4.69. The number of hydrogen-bond acceptors (Lipinski definition) is 3. The first-order chi connectivity index (χ1) is 16.5. The molecule has 180 valence electrons. The molecule has 0 unspecified atom stereocenters. The van der Waals surface area contributed by atoms with E-state index in [9.17, 15) is 14.3 Å². The van der Waals surface area contributed by atoms with Gasteiger partial charge in [-0.1, -0.05) is 18.9 Å². The number of likely N-dealkylation sites (tertiary alicyclic amines) is 1. The van der Waals surface area contributed by atoms with Gasteiger partial charge in [-0.25, -0.2) is 9.18 Å². The number of carbonyl (C=O) groups is 1. The zero-order valence-electron chi connectivity index (χ0n) is 19.8. The molecule has 1 N–H and O–H groups in total. The molecule has 0 bridgehead atoms. The van der Waals surface area contributed by atoms with Crippen molar-refractivity contribution < 1.29 is 19.0 Å². The molecular formula is C28H33FN2O3. The Morgan fingerprint density at radius 2 is 1.85 bits per heavy atom. The SMILES string of the molecule is COc1ccc(CN2CCC(c3cn(CC4CCCC4)c4cc(F)ccc34)CC2)cc1C(=O)O. The summed E-state index contributed by atoms with van der Waals surface area (Å²) in [4.78, 5) is 13.9. The molecule has 3 aromatic rings. The average Bonchev–Trinajstić information content (AvgIpc) is 3.48. The normalized spacial score (nSPS) is 18.1. The van der Waals surface area contributed by atoms with Gasteiger partial charge in [0.1, 0.15) is 17.1 Å². The number of aromatic carboxylic acids is 1. The highest BCUT2D eigenvalue weighted by molar-refractivity contribution is 5.91. The maximum absolute atomic E-state index is 14.1. The average molecular weight is 465 g/mol. The van der Waals surface area contributed by atoms with Gasteiger partial charge < -0.3 is 14.4 Å². The van der Waals surface area contributed by atoms with Crippen LogP contribution in [0.2, 0.25) is 0 Å². The van der Waals surface area contributed by atoms with Crippen LogP contribution in [-0.2, 0) is 13.1 Å². The van der Waals surface area contributed by atoms with Crippen molar-refractivity contribution >= 4 is 16.9 Å². The quantitative estimate of drug-likeness (QED) is 0.462. The van der Waals surface area contributed by atoms with Gasteiger partial charge in [0.2, 0.25) is 0 Å². The Kier molecular flexibility index (Phi) is 6.59. The van der Waals surface area contributed by atoms with Crippen LogP contribution in [0.5, 0.6) is 5.75 Å². The number of ether oxygens (including phenoxy) is 1. The van der Waals surface area contributed by atoms with Gasteiger partial charge in [0.15, 0.2) is 0 Å². The molecule has 2 aromatic carbocycles. The number of hydrogen-bond donors (Lipinski definition) is 1. The molecule has 0 amide bonds. The van der Waals surface area contributed by atoms with Gasteiger partial charge >= 0.3 is 5.97 Å². The number of fused-ring (bicyclic) bond motifs is 1. The van der Waals surface area contributed by atoms with Crippen molar-refractivity contribution in [1.82, 2.24) is 9.47 Å². The molecule has 1 aliphatic heterocycles. The Hall–Kier alpha value is -2.86. The van der Waals surface area contributed by atoms with Crippen molar-refractivity contribution in [1.29, 1.82) is 0 Å². The molecule has 34 heavy (non-hydrogen) atoms. The molecule has 1 aromatic heterocycles. The monoisotopic (exact) mass is 464 g/mol. The first-order valence-corrected chi connectivity index (χ1v) is 12.4. The first-order valence-electron chi connectivity index (χ1n) is 12.4. The molecule has 1 saturated carbocycles. The molecule has 5 rings (SSSR count). The van der Waals surface area contributed by atoms with Crippen LogP contribution in [0.4, 0.5) is 4.39 Å². The van der Waals surface area contributed by atoms with Crippen molar-refractivity contribution in [2.24, 2.45) is 5.92 Å². The highest BCUT2D eigenvalue weighted by atomic mass is 19.1. The van der Waals surface area contributed by atoms with Crippen molar-refractivity contribution in [2.45, 2.75) is 57.5 Å². The first kappa shape index (κ1) is 22.9. The third-order valence-electron chi connectivity index (χ3n) is 7.73. The third-order valence-corrected chi connectivity index (χ3v) is 7.73. The highest BCUT2D eigenvalue weighted by Gasteiger charge is 2.25. The van der Waals surface area contributed by atoms with Gasteiger partial charge in [-0.05, 0) is 92.1 Å². The summed E-state index contributed by atoms with van der Waals surface area (Å²) in [6.45, 7) is 3.62. The second-order valence-electron chi connectivity index (χ2n) is 9.94. The molecule has 0 spiro atoms. The number of carboxylic acid groups (broad SMARTS) is 1. The van der Waals surface area contributed by atoms with E-state index in [0.717, 1.165) is 50.1 Å². The number of rotatable bonds is 7. The minimum Gasteiger partial charge on any atom is -0.496 e. The van der Waals surface area contributed by atoms with Crippen LogP contribution in [0.3, 0.4) is 0 Å². The molecule has 2 aliphatic rings. The summed E-state index contributed by atoms with van der Waals surface area (Å²) < 4.78 is 21.6. The minimum atomic E-state index is -0.970. The van der Waals surface area contributed by atoms with Gasteiger partial charge in [-0.3, -0.25) is 4.90 Å². The van der Waals surface area contributed by atoms with E-state index in [0.29, 0.717) is 17.6 Å². The van der Waals surface area contributed by atoms with Crippen molar-refractivity contribution in [3.63, 3.8) is 0 Å². The second-order valence-corrected chi connectivity index (χ2v) is 9.94. The number of piperidine rings is 1. The van der Waals surface area contributed by atoms with Gasteiger partial charge in [-0.15, -0.1) is 0 Å². The lowest BCUT2D eigenvalue weighted by atomic mass is 9.89. The fraction of sp³-hybridized carbons (Fsp3) is 0.464. The molecule has 1 saturated heterocycles. The number of halogens is 1. The van der Waals surface area contributed by atoms with Crippen LogP contribution in [0.15, 0.2) is 42.6 Å². The van der Waals surface area contributed by atoms with Crippen LogP contribution in [-0.4, -0.2) is 40.7 Å². The summed E-state index contributed by atoms with van der Waals surface area (Å²) in [6, 6.07) is 10.7. The van der Waals surface area contributed by atoms with Crippen LogP contribution in [0.25, 0.3) is 10.9 Å². The van der Waals surface area contributed by atoms with E-state index in [4.69, 9.17) is 4.74 Å². The lowest BCUT2D eigenvalue weighted by Gasteiger charge is -2.32. The lowest BCUT2D eigenvalue weighted by molar-refractivity contribution is 0.0693. The van der Waals surface area contributed by atoms with Crippen LogP contribution in [0, 0.1) is 11.7 Å². The van der Waals surface area contributed by atoms with E-state index in [-0.39, 0.29) is 11.4 Å². The maximum Gasteiger partial charge on any atom is 0.339 e. The fourth-order valence-electron chi connectivity index (χ4n) is 5.92. The molecule has 2 heterocycles. The van der Waals surface area contributed by atoms with Gasteiger partial charge in [-0.2, -0.15) is 0 Å². The molecular weight excluding hydrogens is 431 g/mol. The Morgan fingerprint density at radius 3 is 2.56 bits per heavy atom. The second kappa shape index (κ2) is 9.79. The van der Waals surface area contributed by atoms with Crippen molar-refractivity contribution in [3.05, 3.63) is 65.1 Å². The zero-order chi connectivity index (χ0) is 23.7. The Bertz CT molecular complexity index is 1170. The summed E-state index contributed by atoms with van der Waals surface area (Å²) in [6.07, 6.45) is 9.56. The lowest BCUT2D eigenvalue weighted by Crippen LogP contribution is -2.32. The predicted octanol–water partition coefficient (Wildman–Crippen LogP) is 6.06. The minimum absolute atomic E-state index is 0.167. The van der Waals surface area contributed by atoms with E-state index in [1.807, 2.05) is 12.1 Å². The number of methoxy groups -OCH3 is 1. The summed E-state index contributed by atoms with van der Waals surface area (Å²) >= 11 is 0. The van der Waals surface area contributed by atoms with Crippen molar-refractivity contribution in [2.75, 3.05) is 20.2 Å². The molecule has 1 aliphatic carbocycles. The molecule has 6 heteroatoms. The Morgan fingerprint density at radius 1 is 1.09 bits per heavy atom. The molecule has 5 nitrogen and oxygen atoms in total. The Labute approximate surface area is 200 Å². The smallest absolute Gasteiger partial charge is 0.339 e. The van der Waals surface area contributed by atoms with E-state index < -0.39 is 5.97 Å². The van der Waals surface area contributed by atoms with E-state index in [2.05, 4.69) is 15.7 Å².